The van der Waals surface area contributed by atoms with Gasteiger partial charge in [0.05, 0.1) is 81.7 Å². The molecule has 9 heterocycles. The first-order chi connectivity index (χ1) is 54.1. The van der Waals surface area contributed by atoms with Gasteiger partial charge >= 0.3 is 0 Å². The van der Waals surface area contributed by atoms with E-state index in [-0.39, 0.29) is 41.7 Å². The first kappa shape index (κ1) is 78.0. The molecule has 21 heteroatoms. The smallest absolute Gasteiger partial charge is 0.221 e. The molecule has 6 aromatic heterocycles. The van der Waals surface area contributed by atoms with Gasteiger partial charge in [0.15, 0.2) is 5.78 Å². The van der Waals surface area contributed by atoms with Crippen molar-refractivity contribution >= 4 is 67.2 Å². The molecule has 1 amide bonds. The molecular formula is C90H106N16O5. The molecule has 6 aromatic carbocycles. The zero-order chi connectivity index (χ0) is 77.3. The minimum Gasteiger partial charge on any atom is -0.494 e. The number of para-hydroxylation sites is 3. The van der Waals surface area contributed by atoms with Crippen LogP contribution in [0.15, 0.2) is 213 Å². The van der Waals surface area contributed by atoms with Crippen LogP contribution in [-0.2, 0) is 14.4 Å². The minimum atomic E-state index is -0.372. The molecule has 3 aliphatic heterocycles. The quantitative estimate of drug-likeness (QED) is 0.0635. The number of rotatable bonds is 23. The summed E-state index contributed by atoms with van der Waals surface area (Å²) in [6, 6.07) is 58.9. The summed E-state index contributed by atoms with van der Waals surface area (Å²) >= 11 is 0. The van der Waals surface area contributed by atoms with Gasteiger partial charge in [-0.3, -0.25) is 44.0 Å². The summed E-state index contributed by atoms with van der Waals surface area (Å²) in [7, 11) is 1.71. The van der Waals surface area contributed by atoms with Crippen LogP contribution in [0.2, 0.25) is 0 Å². The van der Waals surface area contributed by atoms with E-state index in [1.807, 2.05) is 179 Å². The number of nitrogens with one attached hydrogen (secondary N) is 1. The van der Waals surface area contributed by atoms with E-state index in [9.17, 15) is 14.4 Å². The van der Waals surface area contributed by atoms with Gasteiger partial charge in [-0.2, -0.15) is 15.3 Å². The van der Waals surface area contributed by atoms with Gasteiger partial charge in [0.1, 0.15) is 34.7 Å². The lowest BCUT2D eigenvalue weighted by Gasteiger charge is -2.30. The summed E-state index contributed by atoms with van der Waals surface area (Å²) in [6.07, 6.45) is 16.2. The van der Waals surface area contributed by atoms with Crippen LogP contribution in [0.25, 0.3) is 49.8 Å². The fraction of sp³-hybridized carbons (Fsp3) is 0.367. The number of hydrogen-bond acceptors (Lipinski definition) is 17. The van der Waals surface area contributed by atoms with Crippen LogP contribution in [0.5, 0.6) is 11.5 Å². The Hall–Kier alpha value is -11.1. The van der Waals surface area contributed by atoms with E-state index in [2.05, 4.69) is 130 Å². The Morgan fingerprint density at radius 1 is 0.477 bits per heavy atom. The van der Waals surface area contributed by atoms with Crippen molar-refractivity contribution in [1.29, 1.82) is 0 Å². The normalized spacial score (nSPS) is 15.6. The Balaban J connectivity index is 0.000000146. The van der Waals surface area contributed by atoms with Gasteiger partial charge in [0.25, 0.3) is 0 Å². The average molecular weight is 1490 g/mol. The number of Topliss-reactive ketones (excluding diaryl/α,β-unsaturated/α-hetero) is 2. The molecule has 15 rings (SSSR count). The van der Waals surface area contributed by atoms with Crippen molar-refractivity contribution < 1.29 is 23.9 Å². The lowest BCUT2D eigenvalue weighted by Crippen LogP contribution is -2.37. The Labute approximate surface area is 652 Å². The molecule has 21 nitrogen and oxygen atoms in total. The molecule has 3 saturated heterocycles. The number of ether oxygens (including phenoxy) is 2. The average Bonchev–Trinajstić information content (AvgIpc) is 1.47. The van der Waals surface area contributed by atoms with Crippen molar-refractivity contribution in [3.8, 4) is 28.6 Å². The summed E-state index contributed by atoms with van der Waals surface area (Å²) in [5.74, 6) is 2.55. The molecule has 0 spiro atoms. The first-order valence-electron chi connectivity index (χ1n) is 39.5. The SMILES string of the molecule is CC(=O)C(c1ccn(-c2ccccc2)n1)N1CCCN(c2c(OC(C)C)c(C)cc3cccnc23)CC1.CCCNC(=O)CC(c1ccn(-c2ccccc2)n1)N1CCCN(c2cc(C(C)C)cc3cccnc23)CC1.COc1ccc2cccnc2c1N1CCCN(C(CC(C)=O)c2ccn(-c3ccccc3)n2)CC1. The van der Waals surface area contributed by atoms with Crippen LogP contribution < -0.4 is 29.5 Å². The van der Waals surface area contributed by atoms with E-state index in [0.29, 0.717) is 25.3 Å². The zero-order valence-corrected chi connectivity index (χ0v) is 65.8. The molecule has 111 heavy (non-hydrogen) atoms. The van der Waals surface area contributed by atoms with Gasteiger partial charge in [-0.05, 0) is 180 Å². The van der Waals surface area contributed by atoms with Gasteiger partial charge in [-0.1, -0.05) is 93.6 Å². The Bertz CT molecular complexity index is 5060. The third-order valence-electron chi connectivity index (χ3n) is 21.1. The first-order valence-corrected chi connectivity index (χ1v) is 39.5. The Morgan fingerprint density at radius 2 is 0.955 bits per heavy atom. The lowest BCUT2D eigenvalue weighted by molar-refractivity contribution is -0.123. The molecule has 12 aromatic rings. The second kappa shape index (κ2) is 37.1. The summed E-state index contributed by atoms with van der Waals surface area (Å²) < 4.78 is 17.7. The molecule has 576 valence electrons. The van der Waals surface area contributed by atoms with E-state index >= 15 is 0 Å². The van der Waals surface area contributed by atoms with Crippen LogP contribution in [0.3, 0.4) is 0 Å². The van der Waals surface area contributed by atoms with Crippen LogP contribution >= 0.6 is 0 Å². The van der Waals surface area contributed by atoms with E-state index in [4.69, 9.17) is 34.7 Å². The number of methoxy groups -OCH3 is 1. The van der Waals surface area contributed by atoms with E-state index in [1.54, 1.807) is 21.0 Å². The number of ketones is 2. The van der Waals surface area contributed by atoms with Crippen molar-refractivity contribution in [2.24, 2.45) is 0 Å². The number of aromatic nitrogens is 9. The largest absolute Gasteiger partial charge is 0.494 e. The standard InChI is InChI=1S/C32H40N6O.C30H35N5O2.C28H31N5O2/c1-4-14-33-31(39)23-29(28-13-18-38(35-28)27-11-6-5-7-12-27)36-16-9-17-37(20-19-36)30-22-26(24(2)3)21-25-10-8-15-34-32(25)30;1-21(2)37-30-22(3)20-24-10-8-14-31-27(24)29(30)34-16-9-15-33(18-19-34)28(23(4)36)26-13-17-35(32-26)25-11-6-5-7-12-25;1-21(34)20-25(24-13-17-33(30-24)23-9-4-3-5-10-23)31-15-7-16-32(19-18-31)28-26(35-2)12-11-22-8-6-14-29-27(22)28/h5-8,10-13,15,18,21-22,24,29H,4,9,14,16-17,19-20,23H2,1-3H3,(H,33,39);5-8,10-14,17,20-21,28H,9,15-16,18-19H2,1-4H3;3-6,8-14,17,25H,7,15-16,18-20H2,1-2H3. The number of carbonyl (C=O) groups is 3. The summed E-state index contributed by atoms with van der Waals surface area (Å²) in [6.45, 7) is 27.0. The van der Waals surface area contributed by atoms with Gasteiger partial charge in [0, 0.05) is 151 Å². The van der Waals surface area contributed by atoms with Crippen molar-refractivity contribution in [1.82, 2.24) is 64.3 Å². The van der Waals surface area contributed by atoms with Crippen molar-refractivity contribution in [2.75, 3.05) is 107 Å². The van der Waals surface area contributed by atoms with Crippen molar-refractivity contribution in [3.05, 3.63) is 241 Å². The lowest BCUT2D eigenvalue weighted by atomic mass is 9.99. The predicted octanol–water partition coefficient (Wildman–Crippen LogP) is 15.7. The fourth-order valence-electron chi connectivity index (χ4n) is 15.7. The van der Waals surface area contributed by atoms with Crippen LogP contribution in [0.1, 0.15) is 139 Å². The second-order valence-electron chi connectivity index (χ2n) is 29.8. The molecule has 0 bridgehead atoms. The maximum absolute atomic E-state index is 12.9. The molecule has 3 fully saturated rings. The topological polar surface area (TPSA) is 193 Å². The highest BCUT2D eigenvalue weighted by Crippen LogP contribution is 2.42. The van der Waals surface area contributed by atoms with Gasteiger partial charge < -0.3 is 29.5 Å². The highest BCUT2D eigenvalue weighted by molar-refractivity contribution is 5.96. The number of amides is 1. The number of benzene rings is 6. The summed E-state index contributed by atoms with van der Waals surface area (Å²) in [5.41, 5.74) is 14.4. The fourth-order valence-corrected chi connectivity index (χ4v) is 15.7. The summed E-state index contributed by atoms with van der Waals surface area (Å²) in [5, 5.41) is 21.1. The van der Waals surface area contributed by atoms with Crippen LogP contribution in [-0.4, -0.2) is 175 Å². The van der Waals surface area contributed by atoms with Gasteiger partial charge in [-0.25, -0.2) is 14.0 Å². The van der Waals surface area contributed by atoms with E-state index in [1.165, 1.54) is 16.6 Å². The van der Waals surface area contributed by atoms with Crippen LogP contribution in [0.4, 0.5) is 17.1 Å². The third-order valence-corrected chi connectivity index (χ3v) is 21.1. The number of pyridine rings is 3. The number of aryl methyl sites for hydroxylation is 1. The second-order valence-corrected chi connectivity index (χ2v) is 29.8. The minimum absolute atomic E-state index is 0.0510. The molecule has 3 aliphatic rings. The highest BCUT2D eigenvalue weighted by Gasteiger charge is 2.34. The zero-order valence-electron chi connectivity index (χ0n) is 65.8. The molecule has 0 saturated carbocycles. The number of carbonyl (C=O) groups excluding carboxylic acids is 3. The molecule has 1 N–H and O–H groups in total. The Morgan fingerprint density at radius 3 is 1.49 bits per heavy atom. The molecule has 3 unspecified atom stereocenters. The maximum Gasteiger partial charge on any atom is 0.221 e. The number of anilines is 3. The number of hydrogen-bond donors (Lipinski definition) is 1. The monoisotopic (exact) mass is 1490 g/mol. The van der Waals surface area contributed by atoms with Gasteiger partial charge in [0.2, 0.25) is 5.91 Å². The van der Waals surface area contributed by atoms with Gasteiger partial charge in [-0.15, -0.1) is 0 Å². The predicted molar refractivity (Wildman–Crippen MR) is 444 cm³/mol. The maximum atomic E-state index is 12.9. The summed E-state index contributed by atoms with van der Waals surface area (Å²) in [4.78, 5) is 66.7. The van der Waals surface area contributed by atoms with Crippen molar-refractivity contribution in [3.63, 3.8) is 0 Å². The number of nitrogens with zero attached hydrogens (tertiary/aromatic N) is 15. The third kappa shape index (κ3) is 19.0. The molecule has 3 atom stereocenters. The van der Waals surface area contributed by atoms with E-state index < -0.39 is 0 Å². The molecular weight excluding hydrogens is 1390 g/mol. The highest BCUT2D eigenvalue weighted by atomic mass is 16.5. The Kier molecular flexibility index (Phi) is 26.0. The molecule has 0 aliphatic carbocycles. The number of fused-ring (bicyclic) bond motifs is 3. The van der Waals surface area contributed by atoms with Crippen LogP contribution in [0, 0.1) is 6.92 Å². The van der Waals surface area contributed by atoms with Crippen molar-refractivity contribution in [2.45, 2.75) is 124 Å². The van der Waals surface area contributed by atoms with E-state index in [0.717, 1.165) is 194 Å². The molecule has 0 radical (unpaired) electrons.